The molecule has 0 aromatic carbocycles. The molecule has 0 bridgehead atoms. The smallest absolute Gasteiger partial charge is 0.261 e. The molecule has 94 valence electrons. The van der Waals surface area contributed by atoms with Crippen molar-refractivity contribution in [3.8, 4) is 0 Å². The van der Waals surface area contributed by atoms with Gasteiger partial charge < -0.3 is 5.32 Å². The summed E-state index contributed by atoms with van der Waals surface area (Å²) >= 11 is 5.53. The monoisotopic (exact) mass is 265 g/mol. The minimum atomic E-state index is -1.28. The van der Waals surface area contributed by atoms with Crippen LogP contribution in [0.25, 0.3) is 0 Å². The fraction of sp³-hybridized carbons (Fsp3) is 0.727. The van der Waals surface area contributed by atoms with E-state index in [1.54, 1.807) is 0 Å². The van der Waals surface area contributed by atoms with Crippen LogP contribution in [-0.4, -0.2) is 22.4 Å². The number of carbonyl (C=O) groups is 1. The van der Waals surface area contributed by atoms with E-state index in [2.05, 4.69) is 5.32 Å². The first-order chi connectivity index (χ1) is 7.67. The second kappa shape index (κ2) is 9.85. The number of hydrogen-bond acceptors (Lipinski definition) is 2. The molecule has 5 heteroatoms. The predicted molar refractivity (Wildman–Crippen MR) is 69.8 cm³/mol. The van der Waals surface area contributed by atoms with E-state index in [0.717, 1.165) is 31.2 Å². The van der Waals surface area contributed by atoms with Gasteiger partial charge in [-0.25, -0.2) is 0 Å². The highest BCUT2D eigenvalue weighted by atomic mass is 35.5. The lowest BCUT2D eigenvalue weighted by Gasteiger charge is -2.07. The summed E-state index contributed by atoms with van der Waals surface area (Å²) in [6.07, 6.45) is 3.73. The molecule has 0 saturated carbocycles. The number of amides is 1. The minimum absolute atomic E-state index is 0.186. The van der Waals surface area contributed by atoms with E-state index < -0.39 is 10.8 Å². The van der Waals surface area contributed by atoms with Crippen LogP contribution >= 0.6 is 11.6 Å². The number of halogens is 1. The van der Waals surface area contributed by atoms with Crippen LogP contribution in [0.4, 0.5) is 0 Å². The Bertz CT molecular complexity index is 267. The van der Waals surface area contributed by atoms with Crippen molar-refractivity contribution in [2.24, 2.45) is 0 Å². The Kier molecular flexibility index (Phi) is 9.63. The molecule has 1 N–H and O–H groups in total. The van der Waals surface area contributed by atoms with Gasteiger partial charge in [-0.1, -0.05) is 38.3 Å². The van der Waals surface area contributed by atoms with Crippen LogP contribution < -0.4 is 5.32 Å². The third-order valence-corrected chi connectivity index (χ3v) is 3.87. The molecular weight excluding hydrogens is 246 g/mol. The normalized spacial score (nSPS) is 13.6. The topological polar surface area (TPSA) is 46.2 Å². The maximum Gasteiger partial charge on any atom is 0.261 e. The molecule has 0 rings (SSSR count). The van der Waals surface area contributed by atoms with Gasteiger partial charge in [-0.15, -0.1) is 0 Å². The third kappa shape index (κ3) is 6.28. The summed E-state index contributed by atoms with van der Waals surface area (Å²) in [6, 6.07) is 0. The Labute approximate surface area is 105 Å². The first-order valence-electron chi connectivity index (χ1n) is 5.64. The number of hydrogen-bond donors (Lipinski definition) is 1. The lowest BCUT2D eigenvalue weighted by molar-refractivity contribution is -0.116. The van der Waals surface area contributed by atoms with Gasteiger partial charge in [0.15, 0.2) is 0 Å². The molecule has 1 unspecified atom stereocenters. The fourth-order valence-corrected chi connectivity index (χ4v) is 2.60. The second-order valence-electron chi connectivity index (χ2n) is 3.49. The van der Waals surface area contributed by atoms with Crippen molar-refractivity contribution in [2.75, 3.05) is 12.3 Å². The van der Waals surface area contributed by atoms with Crippen molar-refractivity contribution in [3.63, 3.8) is 0 Å². The molecule has 0 radical (unpaired) electrons. The summed E-state index contributed by atoms with van der Waals surface area (Å²) in [7, 11) is -1.28. The van der Waals surface area contributed by atoms with Gasteiger partial charge in [-0.3, -0.25) is 9.00 Å². The van der Waals surface area contributed by atoms with Crippen LogP contribution in [0.2, 0.25) is 0 Å². The Morgan fingerprint density at radius 1 is 1.31 bits per heavy atom. The number of rotatable bonds is 8. The summed E-state index contributed by atoms with van der Waals surface area (Å²) < 4.78 is 11.7. The Morgan fingerprint density at radius 2 is 1.94 bits per heavy atom. The highest BCUT2D eigenvalue weighted by Crippen LogP contribution is 2.07. The molecule has 0 saturated heterocycles. The van der Waals surface area contributed by atoms with Crippen LogP contribution in [0.3, 0.4) is 0 Å². The lowest BCUT2D eigenvalue weighted by atomic mass is 10.3. The predicted octanol–water partition coefficient (Wildman–Crippen LogP) is 2.53. The van der Waals surface area contributed by atoms with E-state index in [9.17, 15) is 9.00 Å². The summed E-state index contributed by atoms with van der Waals surface area (Å²) in [6.45, 7) is 4.67. The van der Waals surface area contributed by atoms with Gasteiger partial charge in [0.2, 0.25) is 0 Å². The van der Waals surface area contributed by atoms with Gasteiger partial charge >= 0.3 is 0 Å². The average Bonchev–Trinajstić information content (AvgIpc) is 2.27. The van der Waals surface area contributed by atoms with Crippen LogP contribution in [-0.2, 0) is 15.6 Å². The van der Waals surface area contributed by atoms with Gasteiger partial charge in [0, 0.05) is 17.8 Å². The quantitative estimate of drug-likeness (QED) is 0.542. The van der Waals surface area contributed by atoms with Crippen molar-refractivity contribution in [1.82, 2.24) is 5.32 Å². The molecule has 16 heavy (non-hydrogen) atoms. The molecule has 0 aromatic heterocycles. The SMILES string of the molecule is CCCCNC(=O)/C(=C/Cl)S(=O)CCCC. The molecule has 3 nitrogen and oxygen atoms in total. The largest absolute Gasteiger partial charge is 0.351 e. The molecule has 0 aliphatic heterocycles. The lowest BCUT2D eigenvalue weighted by Crippen LogP contribution is -2.28. The van der Waals surface area contributed by atoms with Crippen molar-refractivity contribution < 1.29 is 9.00 Å². The van der Waals surface area contributed by atoms with Gasteiger partial charge in [0.25, 0.3) is 5.91 Å². The first-order valence-corrected chi connectivity index (χ1v) is 7.39. The summed E-state index contributed by atoms with van der Waals surface area (Å²) in [4.78, 5) is 11.8. The summed E-state index contributed by atoms with van der Waals surface area (Å²) in [5, 5.41) is 2.71. The molecule has 1 amide bonds. The van der Waals surface area contributed by atoms with E-state index in [-0.39, 0.29) is 10.8 Å². The zero-order valence-electron chi connectivity index (χ0n) is 9.92. The van der Waals surface area contributed by atoms with E-state index in [1.165, 1.54) is 0 Å². The Balaban J connectivity index is 4.16. The molecule has 0 aliphatic carbocycles. The minimum Gasteiger partial charge on any atom is -0.351 e. The first kappa shape index (κ1) is 15.7. The van der Waals surface area contributed by atoms with Gasteiger partial charge in [0.05, 0.1) is 10.8 Å². The maximum absolute atomic E-state index is 11.7. The molecule has 0 spiro atoms. The van der Waals surface area contributed by atoms with Crippen molar-refractivity contribution in [2.45, 2.75) is 39.5 Å². The Hall–Kier alpha value is -0.350. The third-order valence-electron chi connectivity index (χ3n) is 2.07. The molecule has 0 fully saturated rings. The molecule has 0 aromatic rings. The van der Waals surface area contributed by atoms with Crippen LogP contribution in [0.15, 0.2) is 10.4 Å². The van der Waals surface area contributed by atoms with E-state index >= 15 is 0 Å². The zero-order chi connectivity index (χ0) is 12.4. The van der Waals surface area contributed by atoms with E-state index in [1.807, 2.05) is 13.8 Å². The van der Waals surface area contributed by atoms with E-state index in [4.69, 9.17) is 11.6 Å². The molecule has 1 atom stereocenters. The van der Waals surface area contributed by atoms with Crippen LogP contribution in [0.5, 0.6) is 0 Å². The van der Waals surface area contributed by atoms with Crippen molar-refractivity contribution in [1.29, 1.82) is 0 Å². The van der Waals surface area contributed by atoms with Crippen LogP contribution in [0.1, 0.15) is 39.5 Å². The fourth-order valence-electron chi connectivity index (χ4n) is 1.05. The molecule has 0 aliphatic rings. The number of nitrogens with one attached hydrogen (secondary N) is 1. The highest BCUT2D eigenvalue weighted by molar-refractivity contribution is 7.90. The van der Waals surface area contributed by atoms with Gasteiger partial charge in [-0.05, 0) is 12.8 Å². The standard InChI is InChI=1S/C11H20ClNO2S/c1-3-5-7-13-11(14)10(9-12)16(15)8-6-4-2/h9H,3-8H2,1-2H3,(H,13,14)/b10-9-. The number of carbonyl (C=O) groups excluding carboxylic acids is 1. The van der Waals surface area contributed by atoms with Crippen molar-refractivity contribution >= 4 is 28.3 Å². The zero-order valence-corrected chi connectivity index (χ0v) is 11.5. The van der Waals surface area contributed by atoms with E-state index in [0.29, 0.717) is 12.3 Å². The number of unbranched alkanes of at least 4 members (excludes halogenated alkanes) is 2. The maximum atomic E-state index is 11.7. The average molecular weight is 266 g/mol. The molecule has 0 heterocycles. The highest BCUT2D eigenvalue weighted by Gasteiger charge is 2.15. The second-order valence-corrected chi connectivity index (χ2v) is 5.24. The van der Waals surface area contributed by atoms with Gasteiger partial charge in [-0.2, -0.15) is 0 Å². The molecular formula is C11H20ClNO2S. The summed E-state index contributed by atoms with van der Waals surface area (Å²) in [5.41, 5.74) is 1.13. The Morgan fingerprint density at radius 3 is 2.44 bits per heavy atom. The van der Waals surface area contributed by atoms with Gasteiger partial charge in [0.1, 0.15) is 4.91 Å². The summed E-state index contributed by atoms with van der Waals surface area (Å²) in [5.74, 6) is 0.189. The van der Waals surface area contributed by atoms with Crippen molar-refractivity contribution in [3.05, 3.63) is 10.4 Å². The van der Waals surface area contributed by atoms with Crippen LogP contribution in [0, 0.1) is 0 Å².